The van der Waals surface area contributed by atoms with Crippen LogP contribution >= 0.6 is 11.3 Å². The second kappa shape index (κ2) is 12.7. The van der Waals surface area contributed by atoms with Gasteiger partial charge in [0.2, 0.25) is 0 Å². The van der Waals surface area contributed by atoms with E-state index in [9.17, 15) is 0 Å². The number of hydrogen-bond acceptors (Lipinski definition) is 6. The Morgan fingerprint density at radius 2 is 1.62 bits per heavy atom. The van der Waals surface area contributed by atoms with E-state index in [2.05, 4.69) is 93.0 Å². The van der Waals surface area contributed by atoms with Gasteiger partial charge in [-0.05, 0) is 49.6 Å². The lowest BCUT2D eigenvalue weighted by Crippen LogP contribution is -2.25. The van der Waals surface area contributed by atoms with E-state index in [1.807, 2.05) is 40.1 Å². The molecule has 0 spiro atoms. The topological polar surface area (TPSA) is 55.6 Å². The molecule has 2 aromatic carbocycles. The van der Waals surface area contributed by atoms with Crippen LogP contribution in [0, 0.1) is 6.92 Å². The van der Waals surface area contributed by atoms with Crippen LogP contribution in [0.1, 0.15) is 76.4 Å². The number of aryl methyl sites for hydroxylation is 1. The van der Waals surface area contributed by atoms with Crippen LogP contribution in [0.5, 0.6) is 5.75 Å². The van der Waals surface area contributed by atoms with E-state index in [1.165, 1.54) is 52.3 Å². The highest BCUT2D eigenvalue weighted by Crippen LogP contribution is 2.40. The number of unbranched alkanes of at least 4 members (excludes halogenated alkanes) is 2. The minimum Gasteiger partial charge on any atom is -0.496 e. The van der Waals surface area contributed by atoms with Crippen molar-refractivity contribution < 1.29 is 4.74 Å². The molecule has 0 bridgehead atoms. The molecule has 5 aromatic rings. The minimum absolute atomic E-state index is 0.182. The lowest BCUT2D eigenvalue weighted by Gasteiger charge is -2.24. The van der Waals surface area contributed by atoms with Gasteiger partial charge in [0, 0.05) is 34.2 Å². The zero-order chi connectivity index (χ0) is 29.9. The van der Waals surface area contributed by atoms with Crippen molar-refractivity contribution in [2.45, 2.75) is 72.6 Å². The zero-order valence-corrected chi connectivity index (χ0v) is 26.9. The van der Waals surface area contributed by atoms with Gasteiger partial charge in [0.05, 0.1) is 23.4 Å². The molecule has 7 heteroatoms. The Balaban J connectivity index is 1.71. The summed E-state index contributed by atoms with van der Waals surface area (Å²) in [5.74, 6) is 1.44. The summed E-state index contributed by atoms with van der Waals surface area (Å²) in [5, 5.41) is 16.7. The summed E-state index contributed by atoms with van der Waals surface area (Å²) < 4.78 is 7.53. The van der Waals surface area contributed by atoms with Crippen molar-refractivity contribution in [2.24, 2.45) is 0 Å². The molecule has 0 unspecified atom stereocenters. The number of fused-ring (bicyclic) bond motifs is 1. The van der Waals surface area contributed by atoms with E-state index in [-0.39, 0.29) is 5.41 Å². The number of nitrogens with zero attached hydrogens (tertiary/aromatic N) is 5. The van der Waals surface area contributed by atoms with Gasteiger partial charge >= 0.3 is 0 Å². The van der Waals surface area contributed by atoms with E-state index < -0.39 is 0 Å². The molecule has 220 valence electrons. The third-order valence-corrected chi connectivity index (χ3v) is 8.77. The molecule has 0 aliphatic heterocycles. The number of aromatic nitrogens is 4. The molecule has 0 fully saturated rings. The molecule has 0 aliphatic carbocycles. The van der Waals surface area contributed by atoms with Crippen LogP contribution < -0.4 is 14.9 Å². The maximum absolute atomic E-state index is 5.64. The predicted molar refractivity (Wildman–Crippen MR) is 177 cm³/mol. The van der Waals surface area contributed by atoms with Crippen LogP contribution in [0.4, 0.5) is 5.00 Å². The predicted octanol–water partition coefficient (Wildman–Crippen LogP) is 8.09. The van der Waals surface area contributed by atoms with Crippen molar-refractivity contribution in [1.29, 1.82) is 0 Å². The largest absolute Gasteiger partial charge is 0.496 e. The number of rotatable bonds is 11. The van der Waals surface area contributed by atoms with Gasteiger partial charge in [0.15, 0.2) is 11.5 Å². The number of methoxy groups -OCH3 is 1. The first-order chi connectivity index (χ1) is 20.2. The smallest absolute Gasteiger partial charge is 0.189 e. The molecular weight excluding hydrogens is 538 g/mol. The first-order valence-electron chi connectivity index (χ1n) is 15.1. The Morgan fingerprint density at radius 3 is 2.26 bits per heavy atom. The number of ether oxygens (including phenoxy) is 1. The number of para-hydroxylation sites is 1. The number of anilines is 1. The summed E-state index contributed by atoms with van der Waals surface area (Å²) in [5.41, 5.74) is 6.28. The number of thiophene rings is 1. The molecule has 3 heterocycles. The average molecular weight is 582 g/mol. The van der Waals surface area contributed by atoms with Crippen LogP contribution in [-0.2, 0) is 5.41 Å². The highest BCUT2D eigenvalue weighted by Gasteiger charge is 2.25. The Bertz CT molecular complexity index is 1690. The fourth-order valence-corrected chi connectivity index (χ4v) is 6.46. The summed E-state index contributed by atoms with van der Waals surface area (Å²) in [6.07, 6.45) is 7.00. The lowest BCUT2D eigenvalue weighted by atomic mass is 9.91. The molecule has 0 atom stereocenters. The fourth-order valence-electron chi connectivity index (χ4n) is 5.29. The van der Waals surface area contributed by atoms with Gasteiger partial charge in [-0.2, -0.15) is 9.61 Å². The van der Waals surface area contributed by atoms with Gasteiger partial charge in [0.25, 0.3) is 0 Å². The third kappa shape index (κ3) is 6.07. The molecule has 0 amide bonds. The molecule has 0 radical (unpaired) electrons. The number of hydrogen-bond donors (Lipinski definition) is 0. The van der Waals surface area contributed by atoms with Gasteiger partial charge in [-0.3, -0.25) is 0 Å². The summed E-state index contributed by atoms with van der Waals surface area (Å²) in [6.45, 7) is 15.4. The second-order valence-electron chi connectivity index (χ2n) is 12.0. The van der Waals surface area contributed by atoms with Crippen molar-refractivity contribution >= 4 is 28.1 Å². The van der Waals surface area contributed by atoms with E-state index in [0.717, 1.165) is 41.0 Å². The first-order valence-corrected chi connectivity index (χ1v) is 15.9. The van der Waals surface area contributed by atoms with Crippen LogP contribution in [0.15, 0.2) is 54.6 Å². The third-order valence-electron chi connectivity index (χ3n) is 7.63. The van der Waals surface area contributed by atoms with Crippen LogP contribution in [0.3, 0.4) is 0 Å². The van der Waals surface area contributed by atoms with E-state index in [0.29, 0.717) is 5.82 Å². The molecule has 0 saturated heterocycles. The SMILES string of the molecule is CCCCN(CCCC)c1sc(/C=c2/c(C(C)(C)C)nn3c(-c4ccccc4OC)nnc23)cc1-c1ccc(C)cc1. The second-order valence-corrected chi connectivity index (χ2v) is 13.1. The van der Waals surface area contributed by atoms with Crippen molar-refractivity contribution in [1.82, 2.24) is 19.8 Å². The first kappa shape index (κ1) is 29.8. The van der Waals surface area contributed by atoms with E-state index in [1.54, 1.807) is 7.11 Å². The van der Waals surface area contributed by atoms with Crippen LogP contribution in [-0.4, -0.2) is 40.0 Å². The van der Waals surface area contributed by atoms with Crippen molar-refractivity contribution in [3.8, 4) is 28.3 Å². The molecule has 42 heavy (non-hydrogen) atoms. The summed E-state index contributed by atoms with van der Waals surface area (Å²) in [7, 11) is 1.68. The van der Waals surface area contributed by atoms with Crippen molar-refractivity contribution in [3.05, 3.63) is 76.0 Å². The highest BCUT2D eigenvalue weighted by atomic mass is 32.1. The average Bonchev–Trinajstić information content (AvgIpc) is 3.68. The molecule has 0 aliphatic rings. The van der Waals surface area contributed by atoms with Crippen LogP contribution in [0.2, 0.25) is 0 Å². The van der Waals surface area contributed by atoms with Gasteiger partial charge in [-0.15, -0.1) is 21.5 Å². The lowest BCUT2D eigenvalue weighted by molar-refractivity contribution is 0.416. The molecule has 0 saturated carbocycles. The van der Waals surface area contributed by atoms with Gasteiger partial charge in [0.1, 0.15) is 5.75 Å². The van der Waals surface area contributed by atoms with E-state index >= 15 is 0 Å². The van der Waals surface area contributed by atoms with Gasteiger partial charge < -0.3 is 9.64 Å². The Hall–Kier alpha value is -3.71. The Labute approximate surface area is 254 Å². The summed E-state index contributed by atoms with van der Waals surface area (Å²) in [4.78, 5) is 3.80. The normalized spacial score (nSPS) is 12.4. The standard InChI is InChI=1S/C35H43N5OS/c1-8-10-20-39(21-11-9-2)34-28(25-18-16-24(3)17-19-25)22-26(42-34)23-29-31(35(4,5)6)38-40-32(36-37-33(29)40)27-14-12-13-15-30(27)41-7/h12-19,22-23H,8-11,20-21H2,1-7H3/b29-23-. The monoisotopic (exact) mass is 581 g/mol. The summed E-state index contributed by atoms with van der Waals surface area (Å²) >= 11 is 1.87. The molecule has 0 N–H and O–H groups in total. The van der Waals surface area contributed by atoms with Crippen molar-refractivity contribution in [2.75, 3.05) is 25.1 Å². The quantitative estimate of drug-likeness (QED) is 0.158. The van der Waals surface area contributed by atoms with Crippen molar-refractivity contribution in [3.63, 3.8) is 0 Å². The molecular formula is C35H43N5OS. The summed E-state index contributed by atoms with van der Waals surface area (Å²) in [6, 6.07) is 19.2. The van der Waals surface area contributed by atoms with Gasteiger partial charge in [-0.1, -0.05) is 89.4 Å². The highest BCUT2D eigenvalue weighted by molar-refractivity contribution is 7.17. The Kier molecular flexibility index (Phi) is 8.97. The molecule has 6 nitrogen and oxygen atoms in total. The maximum atomic E-state index is 5.64. The Morgan fingerprint density at radius 1 is 0.929 bits per heavy atom. The molecule has 3 aromatic heterocycles. The molecule has 5 rings (SSSR count). The zero-order valence-electron chi connectivity index (χ0n) is 26.1. The maximum Gasteiger partial charge on any atom is 0.189 e. The van der Waals surface area contributed by atoms with Gasteiger partial charge in [-0.25, -0.2) is 0 Å². The fraction of sp³-hybridized carbons (Fsp3) is 0.400. The minimum atomic E-state index is -0.182. The number of benzene rings is 2. The van der Waals surface area contributed by atoms with E-state index in [4.69, 9.17) is 9.84 Å². The van der Waals surface area contributed by atoms with Crippen LogP contribution in [0.25, 0.3) is 34.2 Å².